The smallest absolute Gasteiger partial charge is 0.256 e. The first-order valence-electron chi connectivity index (χ1n) is 5.80. The van der Waals surface area contributed by atoms with E-state index in [4.69, 9.17) is 4.42 Å². The molecule has 0 atom stereocenters. The molecule has 0 aliphatic heterocycles. The molecule has 1 aromatic carbocycles. The third-order valence-electron chi connectivity index (χ3n) is 2.80. The number of furan rings is 1. The number of hydrogen-bond acceptors (Lipinski definition) is 2. The van der Waals surface area contributed by atoms with Gasteiger partial charge >= 0.3 is 0 Å². The molecular formula is C14H14BrNO2. The predicted octanol–water partition coefficient (Wildman–Crippen LogP) is 3.53. The summed E-state index contributed by atoms with van der Waals surface area (Å²) in [7, 11) is 0. The molecule has 1 aromatic heterocycles. The van der Waals surface area contributed by atoms with Crippen LogP contribution < -0.4 is 5.32 Å². The quantitative estimate of drug-likeness (QED) is 0.939. The first-order valence-corrected chi connectivity index (χ1v) is 6.59. The standard InChI is InChI=1S/C14H14BrNO2/c1-2-10-5-3-4-6-11(10)9-16-14(17)12-7-8-18-13(12)15/h3-8H,2,9H2,1H3,(H,16,17). The van der Waals surface area contributed by atoms with E-state index >= 15 is 0 Å². The van der Waals surface area contributed by atoms with Gasteiger partial charge in [0.1, 0.15) is 0 Å². The van der Waals surface area contributed by atoms with Crippen molar-refractivity contribution in [2.24, 2.45) is 0 Å². The van der Waals surface area contributed by atoms with Crippen molar-refractivity contribution in [2.45, 2.75) is 19.9 Å². The van der Waals surface area contributed by atoms with Crippen LogP contribution >= 0.6 is 15.9 Å². The zero-order chi connectivity index (χ0) is 13.0. The lowest BCUT2D eigenvalue weighted by atomic mass is 10.1. The van der Waals surface area contributed by atoms with E-state index in [0.717, 1.165) is 12.0 Å². The fourth-order valence-electron chi connectivity index (χ4n) is 1.80. The van der Waals surface area contributed by atoms with Crippen LogP contribution in [0.1, 0.15) is 28.4 Å². The molecule has 1 amide bonds. The summed E-state index contributed by atoms with van der Waals surface area (Å²) in [6, 6.07) is 9.75. The fraction of sp³-hybridized carbons (Fsp3) is 0.214. The largest absolute Gasteiger partial charge is 0.457 e. The Morgan fingerprint density at radius 2 is 2.00 bits per heavy atom. The van der Waals surface area contributed by atoms with Crippen molar-refractivity contribution in [2.75, 3.05) is 0 Å². The van der Waals surface area contributed by atoms with Gasteiger partial charge in [-0.1, -0.05) is 31.2 Å². The number of halogens is 1. The van der Waals surface area contributed by atoms with E-state index < -0.39 is 0 Å². The van der Waals surface area contributed by atoms with Crippen LogP contribution in [0.5, 0.6) is 0 Å². The van der Waals surface area contributed by atoms with E-state index in [2.05, 4.69) is 34.2 Å². The van der Waals surface area contributed by atoms with Crippen LogP contribution in [0.3, 0.4) is 0 Å². The molecule has 0 saturated heterocycles. The van der Waals surface area contributed by atoms with Crippen molar-refractivity contribution in [3.8, 4) is 0 Å². The van der Waals surface area contributed by atoms with Gasteiger partial charge in [0.25, 0.3) is 5.91 Å². The molecule has 1 N–H and O–H groups in total. The number of aryl methyl sites for hydroxylation is 1. The highest BCUT2D eigenvalue weighted by Crippen LogP contribution is 2.17. The van der Waals surface area contributed by atoms with Crippen LogP contribution in [0.15, 0.2) is 45.7 Å². The summed E-state index contributed by atoms with van der Waals surface area (Å²) >= 11 is 3.19. The minimum absolute atomic E-state index is 0.137. The number of carbonyl (C=O) groups excluding carboxylic acids is 1. The van der Waals surface area contributed by atoms with Crippen LogP contribution in [-0.4, -0.2) is 5.91 Å². The normalized spacial score (nSPS) is 10.3. The van der Waals surface area contributed by atoms with Crippen molar-refractivity contribution in [3.05, 3.63) is 58.0 Å². The summed E-state index contributed by atoms with van der Waals surface area (Å²) in [6.07, 6.45) is 2.44. The molecule has 0 fully saturated rings. The molecule has 0 spiro atoms. The lowest BCUT2D eigenvalue weighted by molar-refractivity contribution is 0.0949. The molecular weight excluding hydrogens is 294 g/mol. The van der Waals surface area contributed by atoms with E-state index in [1.165, 1.54) is 11.8 Å². The molecule has 4 heteroatoms. The van der Waals surface area contributed by atoms with Crippen LogP contribution in [0.25, 0.3) is 0 Å². The Bertz CT molecular complexity index is 548. The number of nitrogens with one attached hydrogen (secondary N) is 1. The van der Waals surface area contributed by atoms with Gasteiger partial charge in [0.05, 0.1) is 11.8 Å². The van der Waals surface area contributed by atoms with Crippen molar-refractivity contribution < 1.29 is 9.21 Å². The first-order chi connectivity index (χ1) is 8.72. The molecule has 0 radical (unpaired) electrons. The lowest BCUT2D eigenvalue weighted by Gasteiger charge is -2.08. The van der Waals surface area contributed by atoms with Crippen molar-refractivity contribution in [1.29, 1.82) is 0 Å². The number of carbonyl (C=O) groups is 1. The second-order valence-electron chi connectivity index (χ2n) is 3.91. The second-order valence-corrected chi connectivity index (χ2v) is 4.63. The first kappa shape index (κ1) is 12.9. The molecule has 0 saturated carbocycles. The molecule has 0 aliphatic rings. The summed E-state index contributed by atoms with van der Waals surface area (Å²) in [5, 5.41) is 2.89. The SMILES string of the molecule is CCc1ccccc1CNC(=O)c1ccoc1Br. The molecule has 94 valence electrons. The van der Waals surface area contributed by atoms with E-state index in [0.29, 0.717) is 16.8 Å². The van der Waals surface area contributed by atoms with Crippen LogP contribution in [0, 0.1) is 0 Å². The summed E-state index contributed by atoms with van der Waals surface area (Å²) in [5.74, 6) is -0.137. The zero-order valence-corrected chi connectivity index (χ0v) is 11.7. The average Bonchev–Trinajstić information content (AvgIpc) is 2.82. The molecule has 3 nitrogen and oxygen atoms in total. The van der Waals surface area contributed by atoms with E-state index in [1.807, 2.05) is 18.2 Å². The Morgan fingerprint density at radius 3 is 2.61 bits per heavy atom. The molecule has 0 aliphatic carbocycles. The topological polar surface area (TPSA) is 42.2 Å². The maximum Gasteiger partial charge on any atom is 0.256 e. The number of rotatable bonds is 4. The Balaban J connectivity index is 2.04. The monoisotopic (exact) mass is 307 g/mol. The second kappa shape index (κ2) is 5.87. The van der Waals surface area contributed by atoms with Gasteiger partial charge in [-0.3, -0.25) is 4.79 Å². The van der Waals surface area contributed by atoms with Gasteiger partial charge in [-0.2, -0.15) is 0 Å². The van der Waals surface area contributed by atoms with Gasteiger partial charge in [0.2, 0.25) is 0 Å². The Hall–Kier alpha value is -1.55. The van der Waals surface area contributed by atoms with Crippen molar-refractivity contribution >= 4 is 21.8 Å². The Morgan fingerprint density at radius 1 is 1.28 bits per heavy atom. The Labute approximate surface area is 114 Å². The molecule has 0 unspecified atom stereocenters. The molecule has 0 bridgehead atoms. The zero-order valence-electron chi connectivity index (χ0n) is 10.1. The molecule has 2 rings (SSSR count). The lowest BCUT2D eigenvalue weighted by Crippen LogP contribution is -2.23. The van der Waals surface area contributed by atoms with Gasteiger partial charge in [-0.25, -0.2) is 0 Å². The predicted molar refractivity (Wildman–Crippen MR) is 73.4 cm³/mol. The fourth-order valence-corrected chi connectivity index (χ4v) is 2.22. The Kier molecular flexibility index (Phi) is 4.20. The van der Waals surface area contributed by atoms with E-state index in [9.17, 15) is 4.79 Å². The summed E-state index contributed by atoms with van der Waals surface area (Å²) in [6.45, 7) is 2.63. The van der Waals surface area contributed by atoms with Gasteiger partial charge in [0.15, 0.2) is 4.67 Å². The summed E-state index contributed by atoms with van der Waals surface area (Å²) < 4.78 is 5.50. The minimum atomic E-state index is -0.137. The summed E-state index contributed by atoms with van der Waals surface area (Å²) in [4.78, 5) is 11.9. The van der Waals surface area contributed by atoms with E-state index in [1.54, 1.807) is 6.07 Å². The van der Waals surface area contributed by atoms with E-state index in [-0.39, 0.29) is 5.91 Å². The minimum Gasteiger partial charge on any atom is -0.457 e. The third-order valence-corrected chi connectivity index (χ3v) is 3.42. The van der Waals surface area contributed by atoms with Gasteiger partial charge in [-0.15, -0.1) is 0 Å². The van der Waals surface area contributed by atoms with Crippen LogP contribution in [0.4, 0.5) is 0 Å². The van der Waals surface area contributed by atoms with Gasteiger partial charge in [0, 0.05) is 6.54 Å². The van der Waals surface area contributed by atoms with Crippen LogP contribution in [0.2, 0.25) is 0 Å². The molecule has 18 heavy (non-hydrogen) atoms. The maximum absolute atomic E-state index is 11.9. The van der Waals surface area contributed by atoms with Gasteiger partial charge in [-0.05, 0) is 39.5 Å². The molecule has 1 heterocycles. The number of amides is 1. The highest BCUT2D eigenvalue weighted by atomic mass is 79.9. The van der Waals surface area contributed by atoms with Gasteiger partial charge < -0.3 is 9.73 Å². The summed E-state index contributed by atoms with van der Waals surface area (Å²) in [5.41, 5.74) is 2.92. The maximum atomic E-state index is 11.9. The highest BCUT2D eigenvalue weighted by Gasteiger charge is 2.12. The average molecular weight is 308 g/mol. The van der Waals surface area contributed by atoms with Crippen molar-refractivity contribution in [1.82, 2.24) is 5.32 Å². The van der Waals surface area contributed by atoms with Crippen LogP contribution in [-0.2, 0) is 13.0 Å². The molecule has 2 aromatic rings. The van der Waals surface area contributed by atoms with Crippen molar-refractivity contribution in [3.63, 3.8) is 0 Å². The number of benzene rings is 1. The third kappa shape index (κ3) is 2.82. The highest BCUT2D eigenvalue weighted by molar-refractivity contribution is 9.10. The number of hydrogen-bond donors (Lipinski definition) is 1.